The molecule has 1 saturated heterocycles. The third kappa shape index (κ3) is 2.78. The largest absolute Gasteiger partial charge is 0.326 e. The van der Waals surface area contributed by atoms with Gasteiger partial charge in [-0.15, -0.1) is 11.3 Å². The van der Waals surface area contributed by atoms with Gasteiger partial charge >= 0.3 is 0 Å². The Morgan fingerprint density at radius 3 is 2.85 bits per heavy atom. The Morgan fingerprint density at radius 1 is 1.35 bits per heavy atom. The summed E-state index contributed by atoms with van der Waals surface area (Å²) in [7, 11) is 0. The Labute approximate surface area is 131 Å². The van der Waals surface area contributed by atoms with Crippen LogP contribution in [0.1, 0.15) is 56.4 Å². The molecular formula is C16H25ClN2S. The van der Waals surface area contributed by atoms with Gasteiger partial charge in [-0.25, -0.2) is 0 Å². The monoisotopic (exact) mass is 312 g/mol. The number of piperidine rings is 1. The zero-order valence-corrected chi connectivity index (χ0v) is 13.8. The molecular weight excluding hydrogens is 288 g/mol. The van der Waals surface area contributed by atoms with Crippen LogP contribution in [0.5, 0.6) is 0 Å². The molecule has 4 atom stereocenters. The number of nitrogens with zero attached hydrogens (tertiary/aromatic N) is 1. The van der Waals surface area contributed by atoms with Crippen LogP contribution >= 0.6 is 22.9 Å². The van der Waals surface area contributed by atoms with E-state index in [1.165, 1.54) is 43.5 Å². The predicted octanol–water partition coefficient (Wildman–Crippen LogP) is 4.44. The summed E-state index contributed by atoms with van der Waals surface area (Å²) in [4.78, 5) is 4.08. The van der Waals surface area contributed by atoms with Gasteiger partial charge in [0, 0.05) is 17.0 Å². The maximum absolute atomic E-state index is 6.49. The van der Waals surface area contributed by atoms with Gasteiger partial charge in [-0.05, 0) is 56.7 Å². The standard InChI is InChI=1S/C16H25ClN2S/c1-2-12(18)16(14-8-9-15(17)20-14)19-10-4-6-11-5-3-7-13(11)19/h8-9,11-13,16H,2-7,10,18H2,1H3. The van der Waals surface area contributed by atoms with E-state index in [0.29, 0.717) is 6.04 Å². The van der Waals surface area contributed by atoms with Crippen LogP contribution in [0.15, 0.2) is 12.1 Å². The van der Waals surface area contributed by atoms with E-state index in [1.54, 1.807) is 11.3 Å². The van der Waals surface area contributed by atoms with Crippen LogP contribution in [0.4, 0.5) is 0 Å². The van der Waals surface area contributed by atoms with Gasteiger partial charge in [0.25, 0.3) is 0 Å². The van der Waals surface area contributed by atoms with Crippen molar-refractivity contribution in [3.05, 3.63) is 21.3 Å². The molecule has 2 nitrogen and oxygen atoms in total. The lowest BCUT2D eigenvalue weighted by molar-refractivity contribution is 0.0554. The van der Waals surface area contributed by atoms with Crippen LogP contribution < -0.4 is 5.73 Å². The molecule has 2 heterocycles. The first kappa shape index (κ1) is 14.8. The third-order valence-corrected chi connectivity index (χ3v) is 6.46. The molecule has 4 unspecified atom stereocenters. The molecule has 0 radical (unpaired) electrons. The van der Waals surface area contributed by atoms with Crippen molar-refractivity contribution in [1.82, 2.24) is 4.90 Å². The minimum Gasteiger partial charge on any atom is -0.326 e. The fourth-order valence-electron chi connectivity index (χ4n) is 4.17. The number of thiophene rings is 1. The van der Waals surface area contributed by atoms with Crippen molar-refractivity contribution >= 4 is 22.9 Å². The quantitative estimate of drug-likeness (QED) is 0.890. The highest BCUT2D eigenvalue weighted by molar-refractivity contribution is 7.16. The molecule has 1 aliphatic carbocycles. The highest BCUT2D eigenvalue weighted by Crippen LogP contribution is 2.43. The normalized spacial score (nSPS) is 30.1. The Bertz CT molecular complexity index is 447. The molecule has 112 valence electrons. The minimum absolute atomic E-state index is 0.212. The molecule has 1 aromatic heterocycles. The fourth-order valence-corrected chi connectivity index (χ4v) is 5.43. The average Bonchev–Trinajstić information content (AvgIpc) is 3.08. The molecule has 1 aliphatic heterocycles. The van der Waals surface area contributed by atoms with E-state index in [4.69, 9.17) is 17.3 Å². The second-order valence-corrected chi connectivity index (χ2v) is 8.04. The van der Waals surface area contributed by atoms with Crippen molar-refractivity contribution in [3.8, 4) is 0 Å². The SMILES string of the molecule is CCC(N)C(c1ccc(Cl)s1)N1CCCC2CCCC21. The van der Waals surface area contributed by atoms with Gasteiger partial charge in [0.15, 0.2) is 0 Å². The Morgan fingerprint density at radius 2 is 2.15 bits per heavy atom. The molecule has 2 fully saturated rings. The van der Waals surface area contributed by atoms with Crippen molar-refractivity contribution in [2.24, 2.45) is 11.7 Å². The number of fused-ring (bicyclic) bond motifs is 1. The summed E-state index contributed by atoms with van der Waals surface area (Å²) in [5.41, 5.74) is 6.49. The van der Waals surface area contributed by atoms with E-state index in [9.17, 15) is 0 Å². The number of rotatable bonds is 4. The summed E-state index contributed by atoms with van der Waals surface area (Å²) < 4.78 is 0.883. The van der Waals surface area contributed by atoms with E-state index >= 15 is 0 Å². The molecule has 1 saturated carbocycles. The van der Waals surface area contributed by atoms with Gasteiger partial charge in [0.1, 0.15) is 0 Å². The van der Waals surface area contributed by atoms with Crippen molar-refractivity contribution in [3.63, 3.8) is 0 Å². The van der Waals surface area contributed by atoms with Crippen molar-refractivity contribution in [2.45, 2.75) is 63.6 Å². The van der Waals surface area contributed by atoms with Gasteiger partial charge < -0.3 is 5.73 Å². The molecule has 2 N–H and O–H groups in total. The van der Waals surface area contributed by atoms with Gasteiger partial charge in [-0.2, -0.15) is 0 Å². The fraction of sp³-hybridized carbons (Fsp3) is 0.750. The molecule has 1 aromatic rings. The zero-order chi connectivity index (χ0) is 14.1. The molecule has 3 rings (SSSR count). The Hall–Kier alpha value is -0.0900. The van der Waals surface area contributed by atoms with Gasteiger partial charge in [0.05, 0.1) is 10.4 Å². The highest BCUT2D eigenvalue weighted by atomic mass is 35.5. The molecule has 0 bridgehead atoms. The van der Waals surface area contributed by atoms with E-state index < -0.39 is 0 Å². The molecule has 4 heteroatoms. The predicted molar refractivity (Wildman–Crippen MR) is 87.4 cm³/mol. The summed E-state index contributed by atoms with van der Waals surface area (Å²) in [6.07, 6.45) is 7.93. The molecule has 0 aromatic carbocycles. The topological polar surface area (TPSA) is 29.3 Å². The van der Waals surface area contributed by atoms with Crippen LogP contribution in [0.2, 0.25) is 4.34 Å². The first-order valence-electron chi connectivity index (χ1n) is 7.97. The first-order valence-corrected chi connectivity index (χ1v) is 9.16. The molecule has 2 aliphatic rings. The summed E-state index contributed by atoms with van der Waals surface area (Å²) in [5.74, 6) is 0.908. The number of hydrogen-bond donors (Lipinski definition) is 1. The van der Waals surface area contributed by atoms with Crippen molar-refractivity contribution in [1.29, 1.82) is 0 Å². The molecule has 0 amide bonds. The summed E-state index contributed by atoms with van der Waals surface area (Å²) in [6.45, 7) is 3.40. The third-order valence-electron chi connectivity index (χ3n) is 5.16. The van der Waals surface area contributed by atoms with Gasteiger partial charge in [0.2, 0.25) is 0 Å². The lowest BCUT2D eigenvalue weighted by Crippen LogP contribution is -2.49. The van der Waals surface area contributed by atoms with E-state index in [-0.39, 0.29) is 6.04 Å². The minimum atomic E-state index is 0.212. The van der Waals surface area contributed by atoms with Crippen LogP contribution in [-0.4, -0.2) is 23.5 Å². The number of halogens is 1. The summed E-state index contributed by atoms with van der Waals surface area (Å²) in [5, 5.41) is 0. The second kappa shape index (κ2) is 6.35. The van der Waals surface area contributed by atoms with Crippen LogP contribution in [0, 0.1) is 5.92 Å². The van der Waals surface area contributed by atoms with Crippen LogP contribution in [0.3, 0.4) is 0 Å². The van der Waals surface area contributed by atoms with Crippen molar-refractivity contribution < 1.29 is 0 Å². The Balaban J connectivity index is 1.88. The van der Waals surface area contributed by atoms with Crippen LogP contribution in [0.25, 0.3) is 0 Å². The number of nitrogens with two attached hydrogens (primary N) is 1. The van der Waals surface area contributed by atoms with E-state index in [1.807, 2.05) is 6.07 Å². The zero-order valence-electron chi connectivity index (χ0n) is 12.2. The van der Waals surface area contributed by atoms with Gasteiger partial charge in [-0.3, -0.25) is 4.90 Å². The summed E-state index contributed by atoms with van der Waals surface area (Å²) in [6, 6.07) is 5.54. The van der Waals surface area contributed by atoms with Crippen molar-refractivity contribution in [2.75, 3.05) is 6.54 Å². The van der Waals surface area contributed by atoms with E-state index in [2.05, 4.69) is 17.9 Å². The number of hydrogen-bond acceptors (Lipinski definition) is 3. The second-order valence-electron chi connectivity index (χ2n) is 6.30. The van der Waals surface area contributed by atoms with E-state index in [0.717, 1.165) is 22.7 Å². The lowest BCUT2D eigenvalue weighted by Gasteiger charge is -2.44. The van der Waals surface area contributed by atoms with Gasteiger partial charge in [-0.1, -0.05) is 24.9 Å². The maximum atomic E-state index is 6.49. The molecule has 20 heavy (non-hydrogen) atoms. The molecule has 0 spiro atoms. The Kier molecular flexibility index (Phi) is 4.71. The van der Waals surface area contributed by atoms with Crippen LogP contribution in [-0.2, 0) is 0 Å². The average molecular weight is 313 g/mol. The number of likely N-dealkylation sites (tertiary alicyclic amines) is 1. The highest BCUT2D eigenvalue weighted by Gasteiger charge is 2.40. The lowest BCUT2D eigenvalue weighted by atomic mass is 9.88. The summed E-state index contributed by atoms with van der Waals surface area (Å²) >= 11 is 7.87. The maximum Gasteiger partial charge on any atom is 0.0931 e. The smallest absolute Gasteiger partial charge is 0.0931 e. The first-order chi connectivity index (χ1) is 9.70.